The van der Waals surface area contributed by atoms with Crippen LogP contribution < -0.4 is 14.8 Å². The topological polar surface area (TPSA) is 43.6 Å². The van der Waals surface area contributed by atoms with Gasteiger partial charge in [-0.3, -0.25) is 0 Å². The molecule has 0 aliphatic carbocycles. The minimum atomic E-state index is 0.217. The van der Waals surface area contributed by atoms with Crippen LogP contribution in [0.25, 0.3) is 11.1 Å². The fraction of sp³-hybridized carbons (Fsp3) is 0.238. The Morgan fingerprint density at radius 1 is 1.04 bits per heavy atom. The second-order valence-electron chi connectivity index (χ2n) is 5.93. The third-order valence-electron chi connectivity index (χ3n) is 4.30. The highest BCUT2D eigenvalue weighted by atomic mass is 16.5. The van der Waals surface area contributed by atoms with E-state index in [4.69, 9.17) is 13.9 Å². The summed E-state index contributed by atoms with van der Waals surface area (Å²) in [6, 6.07) is 16.5. The van der Waals surface area contributed by atoms with E-state index in [-0.39, 0.29) is 6.04 Å². The zero-order valence-electron chi connectivity index (χ0n) is 14.8. The number of methoxy groups -OCH3 is 2. The average molecular weight is 337 g/mol. The Morgan fingerprint density at radius 3 is 2.64 bits per heavy atom. The van der Waals surface area contributed by atoms with Gasteiger partial charge >= 0.3 is 0 Å². The van der Waals surface area contributed by atoms with Crippen LogP contribution in [-0.4, -0.2) is 14.2 Å². The molecule has 1 aromatic heterocycles. The third kappa shape index (κ3) is 4.03. The van der Waals surface area contributed by atoms with Crippen molar-refractivity contribution in [3.8, 4) is 22.6 Å². The van der Waals surface area contributed by atoms with E-state index in [1.165, 1.54) is 11.1 Å². The van der Waals surface area contributed by atoms with Gasteiger partial charge in [0.25, 0.3) is 0 Å². The van der Waals surface area contributed by atoms with Gasteiger partial charge in [-0.2, -0.15) is 0 Å². The van der Waals surface area contributed by atoms with Crippen LogP contribution >= 0.6 is 0 Å². The number of ether oxygens (including phenoxy) is 2. The molecule has 0 bridgehead atoms. The Kier molecular flexibility index (Phi) is 5.41. The van der Waals surface area contributed by atoms with E-state index in [1.807, 2.05) is 24.3 Å². The van der Waals surface area contributed by atoms with E-state index < -0.39 is 0 Å². The summed E-state index contributed by atoms with van der Waals surface area (Å²) in [6.07, 6.45) is 3.40. The van der Waals surface area contributed by atoms with Gasteiger partial charge in [-0.05, 0) is 48.4 Å². The van der Waals surface area contributed by atoms with E-state index in [9.17, 15) is 0 Å². The van der Waals surface area contributed by atoms with E-state index in [0.717, 1.165) is 29.2 Å². The number of hydrogen-bond acceptors (Lipinski definition) is 4. The maximum atomic E-state index is 5.47. The monoisotopic (exact) mass is 337 g/mol. The molecule has 4 nitrogen and oxygen atoms in total. The molecule has 0 radical (unpaired) electrons. The largest absolute Gasteiger partial charge is 0.497 e. The predicted molar refractivity (Wildman–Crippen MR) is 98.9 cm³/mol. The zero-order valence-corrected chi connectivity index (χ0v) is 14.8. The maximum absolute atomic E-state index is 5.47. The molecule has 0 amide bonds. The lowest BCUT2D eigenvalue weighted by Gasteiger charge is -2.16. The number of hydrogen-bond donors (Lipinski definition) is 1. The summed E-state index contributed by atoms with van der Waals surface area (Å²) < 4.78 is 16.0. The van der Waals surface area contributed by atoms with Crippen LogP contribution in [0.1, 0.15) is 24.1 Å². The lowest BCUT2D eigenvalue weighted by Crippen LogP contribution is -2.18. The van der Waals surface area contributed by atoms with E-state index >= 15 is 0 Å². The first kappa shape index (κ1) is 17.1. The van der Waals surface area contributed by atoms with Gasteiger partial charge in [0.05, 0.1) is 26.7 Å². The first-order valence-corrected chi connectivity index (χ1v) is 8.28. The summed E-state index contributed by atoms with van der Waals surface area (Å²) in [5.41, 5.74) is 4.43. The van der Waals surface area contributed by atoms with Crippen molar-refractivity contribution in [2.45, 2.75) is 19.5 Å². The third-order valence-corrected chi connectivity index (χ3v) is 4.30. The fourth-order valence-electron chi connectivity index (χ4n) is 2.81. The Labute approximate surface area is 148 Å². The van der Waals surface area contributed by atoms with E-state index in [2.05, 4.69) is 36.5 Å². The van der Waals surface area contributed by atoms with Crippen molar-refractivity contribution in [3.05, 3.63) is 72.2 Å². The molecule has 1 heterocycles. The lowest BCUT2D eigenvalue weighted by atomic mass is 10.0. The molecule has 25 heavy (non-hydrogen) atoms. The molecule has 2 aromatic carbocycles. The van der Waals surface area contributed by atoms with Crippen LogP contribution in [0.3, 0.4) is 0 Å². The second-order valence-corrected chi connectivity index (χ2v) is 5.93. The normalized spacial score (nSPS) is 12.0. The summed E-state index contributed by atoms with van der Waals surface area (Å²) in [5.74, 6) is 1.71. The highest BCUT2D eigenvalue weighted by molar-refractivity contribution is 5.70. The molecule has 0 aliphatic heterocycles. The predicted octanol–water partition coefficient (Wildman–Crippen LogP) is 4.81. The van der Waals surface area contributed by atoms with Crippen LogP contribution in [0.4, 0.5) is 0 Å². The lowest BCUT2D eigenvalue weighted by molar-refractivity contribution is 0.413. The summed E-state index contributed by atoms with van der Waals surface area (Å²) in [7, 11) is 3.37. The zero-order chi connectivity index (χ0) is 17.6. The molecule has 4 heteroatoms. The van der Waals surface area contributed by atoms with E-state index in [0.29, 0.717) is 0 Å². The molecular weight excluding hydrogens is 314 g/mol. The van der Waals surface area contributed by atoms with Crippen molar-refractivity contribution in [1.29, 1.82) is 0 Å². The van der Waals surface area contributed by atoms with Gasteiger partial charge in [-0.1, -0.05) is 18.2 Å². The Morgan fingerprint density at radius 2 is 1.92 bits per heavy atom. The minimum absolute atomic E-state index is 0.217. The SMILES string of the molecule is COc1cccc([C@@H](C)NCc2ccc(OC)c(-c3ccoc3)c2)c1. The number of nitrogens with one attached hydrogen (secondary N) is 1. The highest BCUT2D eigenvalue weighted by Gasteiger charge is 2.10. The summed E-state index contributed by atoms with van der Waals surface area (Å²) in [5, 5.41) is 3.56. The standard InChI is InChI=1S/C21H23NO3/c1-15(17-5-4-6-19(12-17)23-2)22-13-16-7-8-21(24-3)20(11-16)18-9-10-25-14-18/h4-12,14-15,22H,13H2,1-3H3/t15-/m1/s1. The molecule has 0 unspecified atom stereocenters. The average Bonchev–Trinajstić information content (AvgIpc) is 3.20. The quantitative estimate of drug-likeness (QED) is 0.671. The molecule has 0 fully saturated rings. The van der Waals surface area contributed by atoms with Crippen LogP contribution in [0, 0.1) is 0 Å². The second kappa shape index (κ2) is 7.90. The van der Waals surface area contributed by atoms with Gasteiger partial charge in [0.2, 0.25) is 0 Å². The van der Waals surface area contributed by atoms with Crippen LogP contribution in [-0.2, 0) is 6.54 Å². The van der Waals surface area contributed by atoms with Crippen LogP contribution in [0.2, 0.25) is 0 Å². The first-order valence-electron chi connectivity index (χ1n) is 8.28. The molecule has 0 aliphatic rings. The summed E-state index contributed by atoms with van der Waals surface area (Å²) in [6.45, 7) is 2.91. The molecular formula is C21H23NO3. The molecule has 0 saturated carbocycles. The molecule has 1 N–H and O–H groups in total. The van der Waals surface area contributed by atoms with Crippen molar-refractivity contribution in [2.75, 3.05) is 14.2 Å². The molecule has 3 aromatic rings. The van der Waals surface area contributed by atoms with Crippen LogP contribution in [0.5, 0.6) is 11.5 Å². The molecule has 1 atom stereocenters. The van der Waals surface area contributed by atoms with E-state index in [1.54, 1.807) is 26.7 Å². The van der Waals surface area contributed by atoms with Crippen molar-refractivity contribution >= 4 is 0 Å². The fourth-order valence-corrected chi connectivity index (χ4v) is 2.81. The molecule has 0 saturated heterocycles. The molecule has 3 rings (SSSR count). The highest BCUT2D eigenvalue weighted by Crippen LogP contribution is 2.31. The van der Waals surface area contributed by atoms with Crippen molar-refractivity contribution in [2.24, 2.45) is 0 Å². The molecule has 0 spiro atoms. The maximum Gasteiger partial charge on any atom is 0.126 e. The van der Waals surface area contributed by atoms with Gasteiger partial charge in [0, 0.05) is 23.7 Å². The Balaban J connectivity index is 1.73. The van der Waals surface area contributed by atoms with Gasteiger partial charge < -0.3 is 19.2 Å². The van der Waals surface area contributed by atoms with Gasteiger partial charge in [-0.25, -0.2) is 0 Å². The summed E-state index contributed by atoms with van der Waals surface area (Å²) >= 11 is 0. The number of furan rings is 1. The van der Waals surface area contributed by atoms with Gasteiger partial charge in [-0.15, -0.1) is 0 Å². The smallest absolute Gasteiger partial charge is 0.126 e. The minimum Gasteiger partial charge on any atom is -0.497 e. The van der Waals surface area contributed by atoms with Crippen molar-refractivity contribution in [3.63, 3.8) is 0 Å². The number of benzene rings is 2. The number of rotatable bonds is 7. The van der Waals surface area contributed by atoms with Crippen molar-refractivity contribution in [1.82, 2.24) is 5.32 Å². The molecule has 130 valence electrons. The van der Waals surface area contributed by atoms with Gasteiger partial charge in [0.1, 0.15) is 11.5 Å². The van der Waals surface area contributed by atoms with Crippen molar-refractivity contribution < 1.29 is 13.9 Å². The summed E-state index contributed by atoms with van der Waals surface area (Å²) in [4.78, 5) is 0. The Hall–Kier alpha value is -2.72. The first-order chi connectivity index (χ1) is 12.2. The van der Waals surface area contributed by atoms with Crippen LogP contribution in [0.15, 0.2) is 65.5 Å². The van der Waals surface area contributed by atoms with Gasteiger partial charge in [0.15, 0.2) is 0 Å². The Bertz CT molecular complexity index is 812.